The lowest BCUT2D eigenvalue weighted by Crippen LogP contribution is -2.33. The van der Waals surface area contributed by atoms with E-state index in [2.05, 4.69) is 15.4 Å². The van der Waals surface area contributed by atoms with Crippen molar-refractivity contribution in [1.82, 2.24) is 14.8 Å². The normalized spacial score (nSPS) is 14.7. The fraction of sp³-hybridized carbons (Fsp3) is 0.471. The van der Waals surface area contributed by atoms with Crippen molar-refractivity contribution in [3.8, 4) is 0 Å². The third-order valence-electron chi connectivity index (χ3n) is 4.00. The number of carbonyl (C=O) groups is 2. The lowest BCUT2D eigenvalue weighted by atomic mass is 10.2. The van der Waals surface area contributed by atoms with Crippen molar-refractivity contribution in [2.24, 2.45) is 0 Å². The van der Waals surface area contributed by atoms with Crippen LogP contribution in [-0.4, -0.2) is 33.2 Å². The van der Waals surface area contributed by atoms with Crippen molar-refractivity contribution < 1.29 is 14.3 Å². The van der Waals surface area contributed by atoms with Crippen LogP contribution < -0.4 is 10.9 Å². The maximum atomic E-state index is 12.5. The monoisotopic (exact) mass is 376 g/mol. The van der Waals surface area contributed by atoms with Gasteiger partial charge in [0, 0.05) is 17.4 Å². The smallest absolute Gasteiger partial charge is 0.311 e. The number of nitrogens with one attached hydrogen (secondary N) is 1. The number of nitrogens with zero attached hydrogens (tertiary/aromatic N) is 3. The van der Waals surface area contributed by atoms with E-state index in [1.807, 2.05) is 0 Å². The van der Waals surface area contributed by atoms with Crippen LogP contribution in [0.4, 0.5) is 5.13 Å². The highest BCUT2D eigenvalue weighted by Gasteiger charge is 2.27. The Kier molecular flexibility index (Phi) is 5.46. The number of esters is 1. The Morgan fingerprint density at radius 2 is 2.19 bits per heavy atom. The van der Waals surface area contributed by atoms with E-state index in [1.165, 1.54) is 22.1 Å². The molecule has 0 radical (unpaired) electrons. The van der Waals surface area contributed by atoms with Gasteiger partial charge in [-0.2, -0.15) is 5.10 Å². The predicted molar refractivity (Wildman–Crippen MR) is 96.3 cm³/mol. The standard InChI is InChI=1S/C17H20N4O4S/c1-3-25-15(23)8-12-9-26-17(18-12)19-16(24)10(2)21-14(22)7-6-13(20-21)11-4-5-11/h6-7,9-11H,3-5,8H2,1-2H3,(H,18,19,24). The second-order valence-corrected chi connectivity index (χ2v) is 6.96. The number of thiazole rings is 1. The van der Waals surface area contributed by atoms with E-state index in [4.69, 9.17) is 4.74 Å². The molecule has 0 aliphatic heterocycles. The molecule has 0 aromatic carbocycles. The number of hydrogen-bond acceptors (Lipinski definition) is 7. The lowest BCUT2D eigenvalue weighted by molar-refractivity contribution is -0.142. The van der Waals surface area contributed by atoms with Crippen molar-refractivity contribution >= 4 is 28.3 Å². The van der Waals surface area contributed by atoms with Crippen LogP contribution in [0.1, 0.15) is 50.0 Å². The first-order valence-corrected chi connectivity index (χ1v) is 9.36. The van der Waals surface area contributed by atoms with Crippen LogP contribution in [0.3, 0.4) is 0 Å². The summed E-state index contributed by atoms with van der Waals surface area (Å²) in [4.78, 5) is 40.2. The molecule has 2 heterocycles. The predicted octanol–water partition coefficient (Wildman–Crippen LogP) is 1.88. The van der Waals surface area contributed by atoms with Crippen LogP contribution >= 0.6 is 11.3 Å². The molecule has 0 bridgehead atoms. The number of aromatic nitrogens is 3. The summed E-state index contributed by atoms with van der Waals surface area (Å²) in [5, 5.41) is 9.06. The van der Waals surface area contributed by atoms with E-state index < -0.39 is 6.04 Å². The maximum Gasteiger partial charge on any atom is 0.311 e. The van der Waals surface area contributed by atoms with Crippen molar-refractivity contribution in [3.63, 3.8) is 0 Å². The van der Waals surface area contributed by atoms with Gasteiger partial charge in [0.2, 0.25) is 0 Å². The molecule has 26 heavy (non-hydrogen) atoms. The molecule has 1 N–H and O–H groups in total. The molecule has 2 aromatic rings. The second-order valence-electron chi connectivity index (χ2n) is 6.11. The number of amides is 1. The summed E-state index contributed by atoms with van der Waals surface area (Å²) >= 11 is 1.21. The first-order chi connectivity index (χ1) is 12.5. The number of carbonyl (C=O) groups excluding carboxylic acids is 2. The SMILES string of the molecule is CCOC(=O)Cc1csc(NC(=O)C(C)n2nc(C3CC3)ccc2=O)n1. The minimum absolute atomic E-state index is 0.0558. The molecule has 8 nitrogen and oxygen atoms in total. The van der Waals surface area contributed by atoms with Crippen LogP contribution in [0.2, 0.25) is 0 Å². The summed E-state index contributed by atoms with van der Waals surface area (Å²) in [6, 6.07) is 2.41. The molecule has 0 spiro atoms. The summed E-state index contributed by atoms with van der Waals surface area (Å²) in [7, 11) is 0. The van der Waals surface area contributed by atoms with Gasteiger partial charge in [-0.1, -0.05) is 0 Å². The Morgan fingerprint density at radius 3 is 2.88 bits per heavy atom. The second kappa shape index (κ2) is 7.77. The van der Waals surface area contributed by atoms with E-state index in [1.54, 1.807) is 25.3 Å². The maximum absolute atomic E-state index is 12.5. The van der Waals surface area contributed by atoms with Crippen LogP contribution in [0.15, 0.2) is 22.3 Å². The van der Waals surface area contributed by atoms with E-state index in [0.29, 0.717) is 23.4 Å². The molecule has 1 aliphatic carbocycles. The lowest BCUT2D eigenvalue weighted by Gasteiger charge is -2.13. The molecule has 1 fully saturated rings. The average Bonchev–Trinajstić information content (AvgIpc) is 3.37. The zero-order chi connectivity index (χ0) is 18.7. The van der Waals surface area contributed by atoms with Gasteiger partial charge in [-0.15, -0.1) is 11.3 Å². The Hall–Kier alpha value is -2.55. The Bertz CT molecular complexity index is 872. The third-order valence-corrected chi connectivity index (χ3v) is 4.81. The number of ether oxygens (including phenoxy) is 1. The molecule has 1 saturated carbocycles. The van der Waals surface area contributed by atoms with E-state index in [0.717, 1.165) is 18.5 Å². The molecular formula is C17H20N4O4S. The highest BCUT2D eigenvalue weighted by molar-refractivity contribution is 7.13. The molecular weight excluding hydrogens is 356 g/mol. The van der Waals surface area contributed by atoms with Gasteiger partial charge in [0.05, 0.1) is 24.4 Å². The molecule has 3 rings (SSSR count). The summed E-state index contributed by atoms with van der Waals surface area (Å²) in [5.41, 5.74) is 1.05. The van der Waals surface area contributed by atoms with Crippen molar-refractivity contribution in [1.29, 1.82) is 0 Å². The van der Waals surface area contributed by atoms with Gasteiger partial charge in [-0.25, -0.2) is 9.67 Å². The van der Waals surface area contributed by atoms with Crippen LogP contribution in [0.25, 0.3) is 0 Å². The average molecular weight is 376 g/mol. The Morgan fingerprint density at radius 1 is 1.42 bits per heavy atom. The van der Waals surface area contributed by atoms with Gasteiger partial charge in [-0.05, 0) is 32.8 Å². The molecule has 0 saturated heterocycles. The van der Waals surface area contributed by atoms with Gasteiger partial charge in [-0.3, -0.25) is 14.4 Å². The summed E-state index contributed by atoms with van der Waals surface area (Å²) in [6.07, 6.45) is 2.18. The quantitative estimate of drug-likeness (QED) is 0.740. The number of anilines is 1. The van der Waals surface area contributed by atoms with Crippen LogP contribution in [-0.2, 0) is 20.7 Å². The van der Waals surface area contributed by atoms with Gasteiger partial charge >= 0.3 is 5.97 Å². The van der Waals surface area contributed by atoms with E-state index in [9.17, 15) is 14.4 Å². The number of hydrogen-bond donors (Lipinski definition) is 1. The molecule has 2 aromatic heterocycles. The van der Waals surface area contributed by atoms with E-state index in [-0.39, 0.29) is 23.9 Å². The third kappa shape index (κ3) is 4.34. The van der Waals surface area contributed by atoms with Gasteiger partial charge in [0.25, 0.3) is 11.5 Å². The van der Waals surface area contributed by atoms with Gasteiger partial charge in [0.1, 0.15) is 6.04 Å². The fourth-order valence-electron chi connectivity index (χ4n) is 2.44. The minimum atomic E-state index is -0.765. The van der Waals surface area contributed by atoms with Crippen LogP contribution in [0, 0.1) is 0 Å². The van der Waals surface area contributed by atoms with Crippen molar-refractivity contribution in [2.75, 3.05) is 11.9 Å². The van der Waals surface area contributed by atoms with Gasteiger partial charge < -0.3 is 10.1 Å². The summed E-state index contributed by atoms with van der Waals surface area (Å²) in [5.74, 6) is -0.359. The van der Waals surface area contributed by atoms with Crippen molar-refractivity contribution in [3.05, 3.63) is 39.3 Å². The molecule has 1 unspecified atom stereocenters. The minimum Gasteiger partial charge on any atom is -0.466 e. The zero-order valence-corrected chi connectivity index (χ0v) is 15.4. The topological polar surface area (TPSA) is 103 Å². The van der Waals surface area contributed by atoms with Crippen LogP contribution in [0.5, 0.6) is 0 Å². The summed E-state index contributed by atoms with van der Waals surface area (Å²) < 4.78 is 6.08. The van der Waals surface area contributed by atoms with Crippen molar-refractivity contribution in [2.45, 2.75) is 45.1 Å². The molecule has 1 atom stereocenters. The summed E-state index contributed by atoms with van der Waals surface area (Å²) in [6.45, 7) is 3.67. The van der Waals surface area contributed by atoms with E-state index >= 15 is 0 Å². The Labute approximate surface area is 154 Å². The largest absolute Gasteiger partial charge is 0.466 e. The molecule has 138 valence electrons. The number of rotatable bonds is 7. The molecule has 1 aliphatic rings. The fourth-order valence-corrected chi connectivity index (χ4v) is 3.15. The molecule has 9 heteroatoms. The zero-order valence-electron chi connectivity index (χ0n) is 14.6. The Balaban J connectivity index is 1.66. The highest BCUT2D eigenvalue weighted by atomic mass is 32.1. The molecule has 1 amide bonds. The first-order valence-electron chi connectivity index (χ1n) is 8.48. The van der Waals surface area contributed by atoms with Gasteiger partial charge in [0.15, 0.2) is 5.13 Å². The first kappa shape index (κ1) is 18.2. The highest BCUT2D eigenvalue weighted by Crippen LogP contribution is 2.38.